The van der Waals surface area contributed by atoms with Gasteiger partial charge in [0.05, 0.1) is 12.1 Å². The van der Waals surface area contributed by atoms with Gasteiger partial charge in [-0.2, -0.15) is 5.26 Å². The molecule has 0 radical (unpaired) electrons. The quantitative estimate of drug-likeness (QED) is 0.705. The SMILES string of the molecule is CC(C#N)N(C)C1CCCC1CN. The molecule has 0 aromatic heterocycles. The minimum absolute atomic E-state index is 0.0112. The van der Waals surface area contributed by atoms with Crippen LogP contribution in [0.5, 0.6) is 0 Å². The lowest BCUT2D eigenvalue weighted by Gasteiger charge is -2.30. The predicted molar refractivity (Wildman–Crippen MR) is 53.0 cm³/mol. The maximum absolute atomic E-state index is 8.80. The molecule has 0 aromatic carbocycles. The second-order valence-electron chi connectivity index (χ2n) is 3.96. The summed E-state index contributed by atoms with van der Waals surface area (Å²) in [6, 6.07) is 2.81. The number of hydrogen-bond acceptors (Lipinski definition) is 3. The van der Waals surface area contributed by atoms with E-state index in [-0.39, 0.29) is 6.04 Å². The lowest BCUT2D eigenvalue weighted by Crippen LogP contribution is -2.42. The Morgan fingerprint density at radius 1 is 1.62 bits per heavy atom. The van der Waals surface area contributed by atoms with E-state index in [1.165, 1.54) is 19.3 Å². The van der Waals surface area contributed by atoms with E-state index in [0.717, 1.165) is 6.54 Å². The summed E-state index contributed by atoms with van der Waals surface area (Å²) in [4.78, 5) is 2.17. The molecule has 0 bridgehead atoms. The van der Waals surface area contributed by atoms with E-state index in [9.17, 15) is 0 Å². The van der Waals surface area contributed by atoms with Crippen molar-refractivity contribution in [2.75, 3.05) is 13.6 Å². The van der Waals surface area contributed by atoms with Crippen LogP contribution in [0.15, 0.2) is 0 Å². The molecule has 3 nitrogen and oxygen atoms in total. The van der Waals surface area contributed by atoms with Crippen molar-refractivity contribution >= 4 is 0 Å². The molecule has 0 saturated heterocycles. The summed E-state index contributed by atoms with van der Waals surface area (Å²) in [5.41, 5.74) is 5.69. The fourth-order valence-electron chi connectivity index (χ4n) is 2.21. The zero-order chi connectivity index (χ0) is 9.84. The van der Waals surface area contributed by atoms with E-state index in [2.05, 4.69) is 11.0 Å². The van der Waals surface area contributed by atoms with Gasteiger partial charge in [0, 0.05) is 6.04 Å². The zero-order valence-corrected chi connectivity index (χ0v) is 8.53. The van der Waals surface area contributed by atoms with Crippen LogP contribution in [-0.2, 0) is 0 Å². The normalized spacial score (nSPS) is 30.4. The molecular formula is C10H19N3. The van der Waals surface area contributed by atoms with Crippen LogP contribution in [0.3, 0.4) is 0 Å². The van der Waals surface area contributed by atoms with Crippen LogP contribution in [0, 0.1) is 17.2 Å². The van der Waals surface area contributed by atoms with Gasteiger partial charge < -0.3 is 5.73 Å². The van der Waals surface area contributed by atoms with Gasteiger partial charge in [0.25, 0.3) is 0 Å². The molecule has 3 heteroatoms. The third kappa shape index (κ3) is 2.20. The van der Waals surface area contributed by atoms with Gasteiger partial charge in [-0.25, -0.2) is 0 Å². The summed E-state index contributed by atoms with van der Waals surface area (Å²) in [5, 5.41) is 8.80. The third-order valence-corrected chi connectivity index (χ3v) is 3.24. The third-order valence-electron chi connectivity index (χ3n) is 3.24. The maximum Gasteiger partial charge on any atom is 0.0949 e. The van der Waals surface area contributed by atoms with E-state index >= 15 is 0 Å². The number of nitrogens with zero attached hydrogens (tertiary/aromatic N) is 2. The summed E-state index contributed by atoms with van der Waals surface area (Å²) >= 11 is 0. The van der Waals surface area contributed by atoms with Gasteiger partial charge in [0.15, 0.2) is 0 Å². The predicted octanol–water partition coefficient (Wildman–Crippen LogP) is 0.958. The van der Waals surface area contributed by atoms with Gasteiger partial charge in [-0.05, 0) is 39.3 Å². The van der Waals surface area contributed by atoms with Crippen molar-refractivity contribution < 1.29 is 0 Å². The molecule has 0 aromatic rings. The molecule has 0 aliphatic heterocycles. The highest BCUT2D eigenvalue weighted by atomic mass is 15.2. The van der Waals surface area contributed by atoms with Gasteiger partial charge in [0.1, 0.15) is 0 Å². The molecule has 1 saturated carbocycles. The molecule has 0 heterocycles. The molecule has 0 spiro atoms. The summed E-state index contributed by atoms with van der Waals surface area (Å²) in [7, 11) is 2.03. The highest BCUT2D eigenvalue weighted by Crippen LogP contribution is 2.29. The monoisotopic (exact) mass is 181 g/mol. The Labute approximate surface area is 80.5 Å². The second kappa shape index (κ2) is 4.59. The first-order chi connectivity index (χ1) is 6.20. The topological polar surface area (TPSA) is 53.0 Å². The average molecular weight is 181 g/mol. The zero-order valence-electron chi connectivity index (χ0n) is 8.53. The maximum atomic E-state index is 8.80. The summed E-state index contributed by atoms with van der Waals surface area (Å²) in [6.45, 7) is 2.71. The van der Waals surface area contributed by atoms with Crippen LogP contribution < -0.4 is 5.73 Å². The van der Waals surface area contributed by atoms with Crippen molar-refractivity contribution in [3.63, 3.8) is 0 Å². The van der Waals surface area contributed by atoms with Crippen molar-refractivity contribution in [1.82, 2.24) is 4.90 Å². The van der Waals surface area contributed by atoms with E-state index in [0.29, 0.717) is 12.0 Å². The summed E-state index contributed by atoms with van der Waals surface area (Å²) in [5.74, 6) is 0.598. The molecule has 1 rings (SSSR count). The van der Waals surface area contributed by atoms with E-state index in [1.807, 2.05) is 14.0 Å². The number of nitriles is 1. The summed E-state index contributed by atoms with van der Waals surface area (Å²) < 4.78 is 0. The van der Waals surface area contributed by atoms with Gasteiger partial charge in [-0.15, -0.1) is 0 Å². The standard InChI is InChI=1S/C10H19N3/c1-8(6-11)13(2)10-5-3-4-9(10)7-12/h8-10H,3-5,7,12H2,1-2H3. The van der Waals surface area contributed by atoms with Gasteiger partial charge in [-0.1, -0.05) is 6.42 Å². The van der Waals surface area contributed by atoms with Gasteiger partial charge in [0.2, 0.25) is 0 Å². The molecule has 1 aliphatic carbocycles. The molecule has 3 unspecified atom stereocenters. The first-order valence-corrected chi connectivity index (χ1v) is 5.02. The minimum atomic E-state index is 0.0112. The Bertz CT molecular complexity index is 197. The smallest absolute Gasteiger partial charge is 0.0949 e. The highest BCUT2D eigenvalue weighted by molar-refractivity contribution is 4.93. The van der Waals surface area contributed by atoms with Crippen molar-refractivity contribution in [1.29, 1.82) is 5.26 Å². The lowest BCUT2D eigenvalue weighted by molar-refractivity contribution is 0.179. The van der Waals surface area contributed by atoms with Gasteiger partial charge >= 0.3 is 0 Å². The lowest BCUT2D eigenvalue weighted by atomic mass is 10.0. The molecule has 1 fully saturated rings. The Morgan fingerprint density at radius 2 is 2.31 bits per heavy atom. The number of nitrogens with two attached hydrogens (primary N) is 1. The molecule has 13 heavy (non-hydrogen) atoms. The first kappa shape index (κ1) is 10.5. The van der Waals surface area contributed by atoms with Crippen molar-refractivity contribution in [3.05, 3.63) is 0 Å². The average Bonchev–Trinajstić information content (AvgIpc) is 2.62. The highest BCUT2D eigenvalue weighted by Gasteiger charge is 2.31. The van der Waals surface area contributed by atoms with Crippen molar-refractivity contribution in [2.24, 2.45) is 11.7 Å². The Kier molecular flexibility index (Phi) is 3.71. The van der Waals surface area contributed by atoms with E-state index in [1.54, 1.807) is 0 Å². The van der Waals surface area contributed by atoms with E-state index in [4.69, 9.17) is 11.0 Å². The molecule has 0 amide bonds. The van der Waals surface area contributed by atoms with Crippen LogP contribution in [0.25, 0.3) is 0 Å². The fraction of sp³-hybridized carbons (Fsp3) is 0.900. The van der Waals surface area contributed by atoms with Crippen molar-refractivity contribution in [3.8, 4) is 6.07 Å². The summed E-state index contributed by atoms with van der Waals surface area (Å²) in [6.07, 6.45) is 3.68. The second-order valence-corrected chi connectivity index (χ2v) is 3.96. The first-order valence-electron chi connectivity index (χ1n) is 5.02. The Balaban J connectivity index is 2.55. The fourth-order valence-corrected chi connectivity index (χ4v) is 2.21. The van der Waals surface area contributed by atoms with Crippen LogP contribution in [0.4, 0.5) is 0 Å². The van der Waals surface area contributed by atoms with Crippen LogP contribution >= 0.6 is 0 Å². The molecule has 1 aliphatic rings. The molecule has 74 valence electrons. The van der Waals surface area contributed by atoms with E-state index < -0.39 is 0 Å². The van der Waals surface area contributed by atoms with Crippen LogP contribution in [0.1, 0.15) is 26.2 Å². The number of hydrogen-bond donors (Lipinski definition) is 1. The van der Waals surface area contributed by atoms with Gasteiger partial charge in [-0.3, -0.25) is 4.90 Å². The van der Waals surface area contributed by atoms with Crippen LogP contribution in [0.2, 0.25) is 0 Å². The Morgan fingerprint density at radius 3 is 2.85 bits per heavy atom. The molecule has 3 atom stereocenters. The minimum Gasteiger partial charge on any atom is -0.330 e. The number of rotatable bonds is 3. The molecular weight excluding hydrogens is 162 g/mol. The molecule has 2 N–H and O–H groups in total. The van der Waals surface area contributed by atoms with Crippen LogP contribution in [-0.4, -0.2) is 30.6 Å². The van der Waals surface area contributed by atoms with Crippen molar-refractivity contribution in [2.45, 2.75) is 38.3 Å². The largest absolute Gasteiger partial charge is 0.330 e. The Hall–Kier alpha value is -0.590.